The third kappa shape index (κ3) is 3.09. The summed E-state index contributed by atoms with van der Waals surface area (Å²) in [5.74, 6) is 0.262. The minimum Gasteiger partial charge on any atom is -0.384 e. The van der Waals surface area contributed by atoms with Gasteiger partial charge in [-0.3, -0.25) is 4.90 Å². The molecule has 0 aliphatic carbocycles. The highest BCUT2D eigenvalue weighted by atomic mass is 16.5. The number of morpholine rings is 1. The van der Waals surface area contributed by atoms with Crippen molar-refractivity contribution in [1.29, 1.82) is 15.8 Å². The summed E-state index contributed by atoms with van der Waals surface area (Å²) >= 11 is 0. The van der Waals surface area contributed by atoms with Crippen molar-refractivity contribution in [3.8, 4) is 18.2 Å². The summed E-state index contributed by atoms with van der Waals surface area (Å²) in [6.07, 6.45) is 0.808. The maximum Gasteiger partial charge on any atom is 0.179 e. The van der Waals surface area contributed by atoms with Gasteiger partial charge in [0.25, 0.3) is 0 Å². The van der Waals surface area contributed by atoms with Gasteiger partial charge in [0.2, 0.25) is 0 Å². The number of ether oxygens (including phenoxy) is 1. The van der Waals surface area contributed by atoms with E-state index in [2.05, 4.69) is 14.9 Å². The molecule has 0 aromatic carbocycles. The third-order valence-corrected chi connectivity index (χ3v) is 4.20. The maximum atomic E-state index is 9.37. The van der Waals surface area contributed by atoms with Crippen LogP contribution in [0.5, 0.6) is 0 Å². The number of nitrogens with two attached hydrogens (primary N) is 1. The lowest BCUT2D eigenvalue weighted by Crippen LogP contribution is -2.37. The van der Waals surface area contributed by atoms with E-state index >= 15 is 0 Å². The Morgan fingerprint density at radius 1 is 1.00 bits per heavy atom. The summed E-state index contributed by atoms with van der Waals surface area (Å²) in [5, 5.41) is 27.6. The molecule has 2 aromatic rings. The Morgan fingerprint density at radius 3 is 2.32 bits per heavy atom. The molecule has 3 heterocycles. The Bertz CT molecular complexity index is 921. The average Bonchev–Trinajstić information content (AvgIpc) is 2.91. The topological polar surface area (TPSA) is 141 Å². The van der Waals surface area contributed by atoms with Gasteiger partial charge in [0.15, 0.2) is 17.0 Å². The Balaban J connectivity index is 1.91. The normalized spacial score (nSPS) is 14.8. The van der Waals surface area contributed by atoms with Crippen molar-refractivity contribution in [2.75, 3.05) is 38.6 Å². The molecular weight excluding hydrogens is 320 g/mol. The first kappa shape index (κ1) is 16.7. The molecule has 9 heteroatoms. The molecule has 0 unspecified atom stereocenters. The number of nitriles is 3. The Hall–Kier alpha value is -3.19. The van der Waals surface area contributed by atoms with Crippen molar-refractivity contribution in [3.63, 3.8) is 0 Å². The first-order chi connectivity index (χ1) is 12.2. The molecule has 0 atom stereocenters. The second-order valence-electron chi connectivity index (χ2n) is 5.65. The number of fused-ring (bicyclic) bond motifs is 1. The van der Waals surface area contributed by atoms with E-state index in [1.165, 1.54) is 0 Å². The van der Waals surface area contributed by atoms with E-state index in [0.717, 1.165) is 39.3 Å². The van der Waals surface area contributed by atoms with Gasteiger partial charge >= 0.3 is 0 Å². The van der Waals surface area contributed by atoms with Gasteiger partial charge in [0.05, 0.1) is 13.2 Å². The van der Waals surface area contributed by atoms with Gasteiger partial charge in [0.1, 0.15) is 35.1 Å². The van der Waals surface area contributed by atoms with E-state index < -0.39 is 0 Å². The van der Waals surface area contributed by atoms with Crippen LogP contribution in [0.15, 0.2) is 0 Å². The fourth-order valence-electron chi connectivity index (χ4n) is 2.92. The van der Waals surface area contributed by atoms with Crippen LogP contribution in [0.25, 0.3) is 11.2 Å². The Labute approximate surface area is 144 Å². The average molecular weight is 336 g/mol. The van der Waals surface area contributed by atoms with Gasteiger partial charge in [-0.1, -0.05) is 0 Å². The zero-order valence-corrected chi connectivity index (χ0v) is 13.6. The number of anilines is 1. The van der Waals surface area contributed by atoms with Crippen LogP contribution in [0.3, 0.4) is 0 Å². The molecule has 3 rings (SSSR count). The summed E-state index contributed by atoms with van der Waals surface area (Å²) < 4.78 is 7.03. The van der Waals surface area contributed by atoms with Gasteiger partial charge in [-0.15, -0.1) is 0 Å². The van der Waals surface area contributed by atoms with Crippen molar-refractivity contribution in [3.05, 3.63) is 17.0 Å². The van der Waals surface area contributed by atoms with Gasteiger partial charge in [0, 0.05) is 26.2 Å². The number of hydrogen-bond donors (Lipinski definition) is 1. The first-order valence-corrected chi connectivity index (χ1v) is 7.89. The zero-order chi connectivity index (χ0) is 17.8. The molecule has 1 saturated heterocycles. The summed E-state index contributed by atoms with van der Waals surface area (Å²) in [6.45, 7) is 4.69. The fourth-order valence-corrected chi connectivity index (χ4v) is 2.92. The van der Waals surface area contributed by atoms with Crippen LogP contribution < -0.4 is 5.73 Å². The van der Waals surface area contributed by atoms with E-state index in [1.54, 1.807) is 4.57 Å². The third-order valence-electron chi connectivity index (χ3n) is 4.20. The number of nitrogen functional groups attached to an aromatic ring is 1. The van der Waals surface area contributed by atoms with Crippen LogP contribution in [-0.2, 0) is 11.3 Å². The Kier molecular flexibility index (Phi) is 4.76. The predicted molar refractivity (Wildman–Crippen MR) is 88.0 cm³/mol. The Morgan fingerprint density at radius 2 is 1.68 bits per heavy atom. The van der Waals surface area contributed by atoms with Gasteiger partial charge in [-0.05, 0) is 6.42 Å². The van der Waals surface area contributed by atoms with Crippen molar-refractivity contribution >= 4 is 17.0 Å². The van der Waals surface area contributed by atoms with Crippen molar-refractivity contribution in [2.24, 2.45) is 0 Å². The summed E-state index contributed by atoms with van der Waals surface area (Å²) in [7, 11) is 0. The summed E-state index contributed by atoms with van der Waals surface area (Å²) in [6, 6.07) is 5.72. The smallest absolute Gasteiger partial charge is 0.179 e. The molecule has 2 aromatic heterocycles. The molecule has 1 aliphatic rings. The molecule has 0 saturated carbocycles. The van der Waals surface area contributed by atoms with Gasteiger partial charge < -0.3 is 15.0 Å². The van der Waals surface area contributed by atoms with E-state index in [-0.39, 0.29) is 28.3 Å². The molecule has 25 heavy (non-hydrogen) atoms. The predicted octanol–water partition coefficient (Wildman–Crippen LogP) is 0.351. The highest BCUT2D eigenvalue weighted by molar-refractivity contribution is 5.86. The summed E-state index contributed by atoms with van der Waals surface area (Å²) in [4.78, 5) is 10.6. The monoisotopic (exact) mass is 336 g/mol. The van der Waals surface area contributed by atoms with Crippen molar-refractivity contribution in [1.82, 2.24) is 19.4 Å². The van der Waals surface area contributed by atoms with Crippen molar-refractivity contribution in [2.45, 2.75) is 13.0 Å². The molecule has 2 N–H and O–H groups in total. The molecule has 9 nitrogen and oxygen atoms in total. The lowest BCUT2D eigenvalue weighted by atomic mass is 10.3. The van der Waals surface area contributed by atoms with Crippen LogP contribution in [-0.4, -0.2) is 52.3 Å². The first-order valence-electron chi connectivity index (χ1n) is 7.89. The minimum atomic E-state index is -0.100. The number of rotatable bonds is 4. The van der Waals surface area contributed by atoms with Crippen LogP contribution in [0, 0.1) is 34.0 Å². The zero-order valence-electron chi connectivity index (χ0n) is 13.6. The minimum absolute atomic E-state index is 0.0635. The SMILES string of the molecule is N#Cc1nc2c(C#N)c(N)n(CCCN3CCOCC3)c2nc1C#N. The van der Waals surface area contributed by atoms with E-state index in [0.29, 0.717) is 12.2 Å². The number of aromatic nitrogens is 3. The fraction of sp³-hybridized carbons (Fsp3) is 0.438. The van der Waals surface area contributed by atoms with E-state index in [4.69, 9.17) is 21.0 Å². The van der Waals surface area contributed by atoms with E-state index in [9.17, 15) is 5.26 Å². The molecule has 0 amide bonds. The van der Waals surface area contributed by atoms with Gasteiger partial charge in [-0.2, -0.15) is 15.8 Å². The largest absolute Gasteiger partial charge is 0.384 e. The number of aryl methyl sites for hydroxylation is 1. The highest BCUT2D eigenvalue weighted by Gasteiger charge is 2.20. The van der Waals surface area contributed by atoms with Crippen LogP contribution in [0.1, 0.15) is 23.4 Å². The molecule has 0 bridgehead atoms. The standard InChI is InChI=1S/C16H16N8O/c17-8-11-14-16(22-13(10-19)12(9-18)21-14)24(15(11)20)3-1-2-23-4-6-25-7-5-23/h1-7,20H2. The lowest BCUT2D eigenvalue weighted by Gasteiger charge is -2.26. The molecule has 126 valence electrons. The highest BCUT2D eigenvalue weighted by Crippen LogP contribution is 2.26. The number of hydrogen-bond acceptors (Lipinski definition) is 8. The molecular formula is C16H16N8O. The second-order valence-corrected chi connectivity index (χ2v) is 5.65. The van der Waals surface area contributed by atoms with Gasteiger partial charge in [-0.25, -0.2) is 9.97 Å². The number of nitrogens with zero attached hydrogens (tertiary/aromatic N) is 7. The van der Waals surface area contributed by atoms with Crippen molar-refractivity contribution < 1.29 is 4.74 Å². The van der Waals surface area contributed by atoms with E-state index in [1.807, 2.05) is 18.2 Å². The maximum absolute atomic E-state index is 9.37. The van der Waals surface area contributed by atoms with Crippen LogP contribution in [0.2, 0.25) is 0 Å². The lowest BCUT2D eigenvalue weighted by molar-refractivity contribution is 0.0370. The summed E-state index contributed by atoms with van der Waals surface area (Å²) in [5.41, 5.74) is 6.75. The molecule has 0 spiro atoms. The second kappa shape index (κ2) is 7.14. The molecule has 1 fully saturated rings. The quantitative estimate of drug-likeness (QED) is 0.843. The molecule has 1 aliphatic heterocycles. The molecule has 0 radical (unpaired) electrons. The van der Waals surface area contributed by atoms with Crippen LogP contribution >= 0.6 is 0 Å². The van der Waals surface area contributed by atoms with Crippen LogP contribution in [0.4, 0.5) is 5.82 Å².